The number of hydrogen-bond acceptors (Lipinski definition) is 6. The second-order valence-electron chi connectivity index (χ2n) is 9.17. The van der Waals surface area contributed by atoms with Crippen LogP contribution in [0, 0.1) is 0 Å². The summed E-state index contributed by atoms with van der Waals surface area (Å²) < 4.78 is 6.43. The van der Waals surface area contributed by atoms with Crippen molar-refractivity contribution in [2.75, 3.05) is 50.5 Å². The fraction of sp³-hybridized carbons (Fsp3) is 0.233. The largest absolute Gasteiger partial charge is 0.452 e. The molecule has 0 radical (unpaired) electrons. The fourth-order valence-corrected chi connectivity index (χ4v) is 5.46. The summed E-state index contributed by atoms with van der Waals surface area (Å²) in [6, 6.07) is 23.3. The molecule has 6 heteroatoms. The van der Waals surface area contributed by atoms with E-state index in [0.717, 1.165) is 76.9 Å². The van der Waals surface area contributed by atoms with Crippen LogP contribution in [0.1, 0.15) is 11.1 Å². The van der Waals surface area contributed by atoms with Crippen LogP contribution in [-0.2, 0) is 0 Å². The lowest BCUT2D eigenvalue weighted by Crippen LogP contribution is -2.47. The van der Waals surface area contributed by atoms with Gasteiger partial charge in [0.05, 0.1) is 17.8 Å². The number of β-amino-alcohol motifs (C(OH)–C–C–N with tert-alkyl or cyclic N) is 1. The number of para-hydroxylation sites is 1. The van der Waals surface area contributed by atoms with E-state index in [4.69, 9.17) is 9.40 Å². The molecular weight excluding hydrogens is 466 g/mol. The van der Waals surface area contributed by atoms with Crippen LogP contribution in [0.3, 0.4) is 0 Å². The number of nitrogens with zero attached hydrogens (tertiary/aromatic N) is 3. The Bertz CT molecular complexity index is 1550. The van der Waals surface area contributed by atoms with E-state index in [9.17, 15) is 5.11 Å². The first-order valence-corrected chi connectivity index (χ1v) is 13.6. The molecule has 0 bridgehead atoms. The summed E-state index contributed by atoms with van der Waals surface area (Å²) in [6.45, 7) is 4.51. The monoisotopic (exact) mass is 495 g/mol. The molecular formula is C30H29N3O2S. The molecule has 36 heavy (non-hydrogen) atoms. The van der Waals surface area contributed by atoms with Crippen LogP contribution in [0.5, 0.6) is 0 Å². The van der Waals surface area contributed by atoms with E-state index in [0.29, 0.717) is 0 Å². The lowest BCUT2D eigenvalue weighted by Gasteiger charge is -2.36. The second-order valence-corrected chi connectivity index (χ2v) is 10.1. The van der Waals surface area contributed by atoms with Crippen molar-refractivity contribution in [3.8, 4) is 0 Å². The number of aromatic nitrogens is 1. The maximum Gasteiger partial charge on any atom is 0.177 e. The third kappa shape index (κ3) is 4.37. The minimum absolute atomic E-state index is 0.196. The van der Waals surface area contributed by atoms with Crippen molar-refractivity contribution < 1.29 is 9.52 Å². The lowest BCUT2D eigenvalue weighted by molar-refractivity contribution is 0.189. The van der Waals surface area contributed by atoms with Gasteiger partial charge in [-0.3, -0.25) is 4.90 Å². The maximum absolute atomic E-state index is 9.37. The summed E-state index contributed by atoms with van der Waals surface area (Å²) >= 11 is 1.75. The molecule has 0 amide bonds. The third-order valence-corrected chi connectivity index (χ3v) is 7.72. The van der Waals surface area contributed by atoms with Gasteiger partial charge in [0.15, 0.2) is 5.58 Å². The second kappa shape index (κ2) is 9.97. The minimum Gasteiger partial charge on any atom is -0.452 e. The molecule has 0 atom stereocenters. The van der Waals surface area contributed by atoms with Gasteiger partial charge < -0.3 is 14.4 Å². The molecule has 3 heterocycles. The summed E-state index contributed by atoms with van der Waals surface area (Å²) in [5.74, 6) is 0. The predicted molar refractivity (Wildman–Crippen MR) is 152 cm³/mol. The molecule has 0 unspecified atom stereocenters. The fourth-order valence-electron chi connectivity index (χ4n) is 5.05. The van der Waals surface area contributed by atoms with Crippen molar-refractivity contribution in [3.63, 3.8) is 0 Å². The van der Waals surface area contributed by atoms with Crippen LogP contribution in [0.25, 0.3) is 45.1 Å². The van der Waals surface area contributed by atoms with Crippen molar-refractivity contribution in [1.82, 2.24) is 9.88 Å². The van der Waals surface area contributed by atoms with Gasteiger partial charge in [-0.2, -0.15) is 0 Å². The number of thioether (sulfide) groups is 1. The number of fused-ring (bicyclic) bond motifs is 4. The highest BCUT2D eigenvalue weighted by molar-refractivity contribution is 7.98. The highest BCUT2D eigenvalue weighted by atomic mass is 32.2. The lowest BCUT2D eigenvalue weighted by atomic mass is 10.1. The number of anilines is 1. The Labute approximate surface area is 215 Å². The van der Waals surface area contributed by atoms with Gasteiger partial charge in [-0.15, -0.1) is 11.8 Å². The Kier molecular flexibility index (Phi) is 6.40. The first kappa shape index (κ1) is 23.1. The molecule has 1 aliphatic heterocycles. The molecule has 1 fully saturated rings. The molecule has 6 rings (SSSR count). The van der Waals surface area contributed by atoms with E-state index < -0.39 is 0 Å². The summed E-state index contributed by atoms with van der Waals surface area (Å²) in [5, 5.41) is 11.5. The molecule has 1 saturated heterocycles. The van der Waals surface area contributed by atoms with E-state index in [1.807, 2.05) is 18.2 Å². The molecule has 182 valence electrons. The van der Waals surface area contributed by atoms with Crippen LogP contribution in [0.15, 0.2) is 76.0 Å². The van der Waals surface area contributed by atoms with Crippen molar-refractivity contribution >= 4 is 62.6 Å². The summed E-state index contributed by atoms with van der Waals surface area (Å²) in [4.78, 5) is 11.1. The van der Waals surface area contributed by atoms with Gasteiger partial charge in [0, 0.05) is 48.4 Å². The molecule has 5 nitrogen and oxygen atoms in total. The molecule has 0 aliphatic carbocycles. The topological polar surface area (TPSA) is 52.7 Å². The number of hydrogen-bond donors (Lipinski definition) is 1. The standard InChI is InChI=1S/C30H29N3O2S/c1-36-23-11-8-21(9-12-23)6-7-22-10-13-26-25(20-22)29(33-16-14-32(15-17-33)18-19-34)30-28(31-26)24-4-2-3-5-27(24)35-30/h2-13,20,34H,14-19H2,1H3/b7-6+. The van der Waals surface area contributed by atoms with Crippen molar-refractivity contribution in [3.05, 3.63) is 77.9 Å². The van der Waals surface area contributed by atoms with E-state index in [-0.39, 0.29) is 6.61 Å². The van der Waals surface area contributed by atoms with E-state index in [2.05, 4.69) is 76.7 Å². The molecule has 0 spiro atoms. The minimum atomic E-state index is 0.196. The van der Waals surface area contributed by atoms with Crippen molar-refractivity contribution in [1.29, 1.82) is 0 Å². The average molecular weight is 496 g/mol. The van der Waals surface area contributed by atoms with Crippen LogP contribution < -0.4 is 4.90 Å². The van der Waals surface area contributed by atoms with Crippen LogP contribution in [0.4, 0.5) is 5.69 Å². The molecule has 1 aliphatic rings. The number of aliphatic hydroxyl groups is 1. The zero-order valence-electron chi connectivity index (χ0n) is 20.4. The Morgan fingerprint density at radius 1 is 0.917 bits per heavy atom. The number of pyridine rings is 1. The van der Waals surface area contributed by atoms with Crippen LogP contribution in [0.2, 0.25) is 0 Å². The van der Waals surface area contributed by atoms with E-state index in [1.165, 1.54) is 10.5 Å². The number of aliphatic hydroxyl groups excluding tert-OH is 1. The van der Waals surface area contributed by atoms with Crippen LogP contribution >= 0.6 is 11.8 Å². The van der Waals surface area contributed by atoms with E-state index >= 15 is 0 Å². The van der Waals surface area contributed by atoms with Gasteiger partial charge in [0.1, 0.15) is 11.1 Å². The first-order chi connectivity index (χ1) is 17.7. The van der Waals surface area contributed by atoms with Crippen molar-refractivity contribution in [2.45, 2.75) is 4.90 Å². The summed E-state index contributed by atoms with van der Waals surface area (Å²) in [6.07, 6.45) is 6.42. The molecule has 1 N–H and O–H groups in total. The van der Waals surface area contributed by atoms with Crippen LogP contribution in [-0.4, -0.2) is 60.6 Å². The zero-order valence-corrected chi connectivity index (χ0v) is 21.2. The number of furan rings is 1. The van der Waals surface area contributed by atoms with Gasteiger partial charge in [-0.05, 0) is 53.8 Å². The highest BCUT2D eigenvalue weighted by Gasteiger charge is 2.24. The molecule has 0 saturated carbocycles. The van der Waals surface area contributed by atoms with Gasteiger partial charge in [0.2, 0.25) is 0 Å². The summed E-state index contributed by atoms with van der Waals surface area (Å²) in [5.41, 5.74) is 7.05. The first-order valence-electron chi connectivity index (χ1n) is 12.4. The predicted octanol–water partition coefficient (Wildman–Crippen LogP) is 6.14. The van der Waals surface area contributed by atoms with Gasteiger partial charge in [-0.25, -0.2) is 4.98 Å². The number of rotatable bonds is 6. The maximum atomic E-state index is 9.37. The Morgan fingerprint density at radius 2 is 1.67 bits per heavy atom. The molecule has 2 aromatic heterocycles. The van der Waals surface area contributed by atoms with E-state index in [1.54, 1.807) is 11.8 Å². The Hall–Kier alpha value is -3.32. The zero-order chi connectivity index (χ0) is 24.5. The number of benzene rings is 3. The SMILES string of the molecule is CSc1ccc(/C=C/c2ccc3nc4c(oc5ccccc54)c(N4CCN(CCO)CC4)c3c2)cc1. The van der Waals surface area contributed by atoms with Gasteiger partial charge in [-0.1, -0.05) is 42.5 Å². The summed E-state index contributed by atoms with van der Waals surface area (Å²) in [7, 11) is 0. The normalized spacial score (nSPS) is 15.1. The average Bonchev–Trinajstić information content (AvgIpc) is 3.29. The quantitative estimate of drug-likeness (QED) is 0.226. The van der Waals surface area contributed by atoms with Gasteiger partial charge in [0.25, 0.3) is 0 Å². The highest BCUT2D eigenvalue weighted by Crippen LogP contribution is 2.39. The van der Waals surface area contributed by atoms with Gasteiger partial charge >= 0.3 is 0 Å². The third-order valence-electron chi connectivity index (χ3n) is 6.98. The molecule has 3 aromatic carbocycles. The van der Waals surface area contributed by atoms with Crippen molar-refractivity contribution in [2.24, 2.45) is 0 Å². The molecule has 5 aromatic rings. The smallest absolute Gasteiger partial charge is 0.177 e. The number of piperazine rings is 1. The Morgan fingerprint density at radius 3 is 2.44 bits per heavy atom. The Balaban J connectivity index is 1.45.